The zero-order valence-corrected chi connectivity index (χ0v) is 13.6. The summed E-state index contributed by atoms with van der Waals surface area (Å²) in [5.41, 5.74) is -0.406. The first-order valence-corrected chi connectivity index (χ1v) is 8.39. The molecule has 0 heterocycles. The Morgan fingerprint density at radius 1 is 0.962 bits per heavy atom. The summed E-state index contributed by atoms with van der Waals surface area (Å²) in [5, 5.41) is 1.64. The molecule has 0 fully saturated rings. The van der Waals surface area contributed by atoms with Crippen LogP contribution in [0.25, 0.3) is 0 Å². The van der Waals surface area contributed by atoms with Crippen LogP contribution in [0.3, 0.4) is 0 Å². The van der Waals surface area contributed by atoms with Crippen molar-refractivity contribution in [2.75, 3.05) is 11.3 Å². The second kappa shape index (κ2) is 7.28. The van der Waals surface area contributed by atoms with E-state index in [1.807, 2.05) is 4.72 Å². The zero-order valence-electron chi connectivity index (χ0n) is 12.8. The summed E-state index contributed by atoms with van der Waals surface area (Å²) in [6.45, 7) is -1.52. The summed E-state index contributed by atoms with van der Waals surface area (Å²) in [4.78, 5) is 11.2. The summed E-state index contributed by atoms with van der Waals surface area (Å²) in [6, 6.07) is 6.41. The van der Waals surface area contributed by atoms with Gasteiger partial charge in [0.1, 0.15) is 6.54 Å². The minimum absolute atomic E-state index is 0.180. The van der Waals surface area contributed by atoms with E-state index in [0.29, 0.717) is 6.07 Å². The van der Waals surface area contributed by atoms with Crippen LogP contribution in [-0.2, 0) is 10.0 Å². The zero-order chi connectivity index (χ0) is 19.5. The summed E-state index contributed by atoms with van der Waals surface area (Å²) in [7, 11) is -4.17. The van der Waals surface area contributed by atoms with E-state index in [-0.39, 0.29) is 16.1 Å². The minimum atomic E-state index is -4.58. The van der Waals surface area contributed by atoms with Gasteiger partial charge < -0.3 is 5.32 Å². The predicted molar refractivity (Wildman–Crippen MR) is 82.0 cm³/mol. The van der Waals surface area contributed by atoms with Crippen molar-refractivity contribution in [1.29, 1.82) is 0 Å². The summed E-state index contributed by atoms with van der Waals surface area (Å²) >= 11 is 0. The molecule has 0 atom stereocenters. The van der Waals surface area contributed by atoms with Crippen molar-refractivity contribution in [2.24, 2.45) is 0 Å². The average Bonchev–Trinajstić information content (AvgIpc) is 2.55. The third-order valence-electron chi connectivity index (χ3n) is 3.05. The van der Waals surface area contributed by atoms with Crippen LogP contribution >= 0.6 is 0 Å². The van der Waals surface area contributed by atoms with Gasteiger partial charge in [-0.1, -0.05) is 0 Å². The topological polar surface area (TPSA) is 75.3 Å². The molecular weight excluding hydrogens is 383 g/mol. The molecule has 5 nitrogen and oxygen atoms in total. The van der Waals surface area contributed by atoms with E-state index < -0.39 is 40.3 Å². The largest absolute Gasteiger partial charge is 0.405 e. The molecule has 140 valence electrons. The highest BCUT2D eigenvalue weighted by Crippen LogP contribution is 2.19. The molecule has 0 aliphatic rings. The fourth-order valence-corrected chi connectivity index (χ4v) is 2.89. The number of anilines is 1. The lowest BCUT2D eigenvalue weighted by Crippen LogP contribution is -2.33. The number of hydrogen-bond donors (Lipinski definition) is 2. The van der Waals surface area contributed by atoms with E-state index in [0.717, 1.165) is 36.4 Å². The SMILES string of the molecule is O=C(NCC(F)(F)F)c1ccc(S(=O)(=O)Nc2ccc(F)c(F)c2)cc1. The molecule has 2 rings (SSSR count). The molecule has 0 bridgehead atoms. The van der Waals surface area contributed by atoms with Gasteiger partial charge in [0.05, 0.1) is 10.6 Å². The lowest BCUT2D eigenvalue weighted by Gasteiger charge is -2.10. The average molecular weight is 394 g/mol. The fourth-order valence-electron chi connectivity index (χ4n) is 1.84. The van der Waals surface area contributed by atoms with Gasteiger partial charge in [0, 0.05) is 11.6 Å². The van der Waals surface area contributed by atoms with Gasteiger partial charge in [-0.05, 0) is 36.4 Å². The maximum atomic E-state index is 13.1. The van der Waals surface area contributed by atoms with Gasteiger partial charge in [-0.2, -0.15) is 13.2 Å². The third-order valence-corrected chi connectivity index (χ3v) is 4.45. The molecule has 2 N–H and O–H groups in total. The number of sulfonamides is 1. The van der Waals surface area contributed by atoms with Crippen molar-refractivity contribution >= 4 is 21.6 Å². The Bertz CT molecular complexity index is 912. The Labute approximate surface area is 144 Å². The van der Waals surface area contributed by atoms with Crippen LogP contribution in [0.4, 0.5) is 27.6 Å². The third kappa shape index (κ3) is 5.15. The van der Waals surface area contributed by atoms with Gasteiger partial charge >= 0.3 is 6.18 Å². The van der Waals surface area contributed by atoms with E-state index >= 15 is 0 Å². The van der Waals surface area contributed by atoms with E-state index in [9.17, 15) is 35.2 Å². The molecule has 2 aromatic rings. The number of rotatable bonds is 5. The first kappa shape index (κ1) is 19.6. The maximum absolute atomic E-state index is 13.1. The van der Waals surface area contributed by atoms with E-state index in [4.69, 9.17) is 0 Å². The number of hydrogen-bond acceptors (Lipinski definition) is 3. The Balaban J connectivity index is 2.13. The number of amides is 1. The number of carbonyl (C=O) groups excluding carboxylic acids is 1. The monoisotopic (exact) mass is 394 g/mol. The highest BCUT2D eigenvalue weighted by Gasteiger charge is 2.28. The normalized spacial score (nSPS) is 11.9. The molecule has 0 radical (unpaired) electrons. The standard InChI is InChI=1S/C15H11F5N2O3S/c16-12-6-3-10(7-13(12)17)22-26(24,25)11-4-1-9(2-5-11)14(23)21-8-15(18,19)20/h1-7,22H,8H2,(H,21,23). The molecule has 0 unspecified atom stereocenters. The molecule has 0 saturated carbocycles. The molecule has 26 heavy (non-hydrogen) atoms. The number of nitrogens with one attached hydrogen (secondary N) is 2. The minimum Gasteiger partial charge on any atom is -0.343 e. The van der Waals surface area contributed by atoms with Gasteiger partial charge in [0.15, 0.2) is 11.6 Å². The van der Waals surface area contributed by atoms with Crippen molar-refractivity contribution in [3.63, 3.8) is 0 Å². The quantitative estimate of drug-likeness (QED) is 0.766. The molecule has 1 amide bonds. The summed E-state index contributed by atoms with van der Waals surface area (Å²) in [6.07, 6.45) is -4.58. The van der Waals surface area contributed by atoms with E-state index in [1.165, 1.54) is 0 Å². The van der Waals surface area contributed by atoms with E-state index in [1.54, 1.807) is 5.32 Å². The van der Waals surface area contributed by atoms with Crippen LogP contribution in [0.1, 0.15) is 10.4 Å². The Morgan fingerprint density at radius 3 is 2.12 bits per heavy atom. The molecule has 11 heteroatoms. The maximum Gasteiger partial charge on any atom is 0.405 e. The number of carbonyl (C=O) groups is 1. The highest BCUT2D eigenvalue weighted by molar-refractivity contribution is 7.92. The van der Waals surface area contributed by atoms with Gasteiger partial charge in [0.2, 0.25) is 0 Å². The highest BCUT2D eigenvalue weighted by atomic mass is 32.2. The lowest BCUT2D eigenvalue weighted by molar-refractivity contribution is -0.123. The molecule has 0 saturated heterocycles. The smallest absolute Gasteiger partial charge is 0.343 e. The Morgan fingerprint density at radius 2 is 1.58 bits per heavy atom. The number of alkyl halides is 3. The van der Waals surface area contributed by atoms with Crippen LogP contribution in [0, 0.1) is 11.6 Å². The van der Waals surface area contributed by atoms with Gasteiger partial charge in [0.25, 0.3) is 15.9 Å². The van der Waals surface area contributed by atoms with E-state index in [2.05, 4.69) is 0 Å². The fraction of sp³-hybridized carbons (Fsp3) is 0.133. The number of benzene rings is 2. The molecule has 0 spiro atoms. The molecule has 2 aromatic carbocycles. The van der Waals surface area contributed by atoms with Crippen molar-refractivity contribution in [1.82, 2.24) is 5.32 Å². The predicted octanol–water partition coefficient (Wildman–Crippen LogP) is 3.06. The van der Waals surface area contributed by atoms with Crippen molar-refractivity contribution in [2.45, 2.75) is 11.1 Å². The van der Waals surface area contributed by atoms with Crippen LogP contribution in [0.15, 0.2) is 47.4 Å². The first-order valence-electron chi connectivity index (χ1n) is 6.91. The van der Waals surface area contributed by atoms with Crippen molar-refractivity contribution in [3.8, 4) is 0 Å². The molecular formula is C15H11F5N2O3S. The van der Waals surface area contributed by atoms with Crippen molar-refractivity contribution < 1.29 is 35.2 Å². The van der Waals surface area contributed by atoms with Crippen LogP contribution in [0.5, 0.6) is 0 Å². The lowest BCUT2D eigenvalue weighted by atomic mass is 10.2. The summed E-state index contributed by atoms with van der Waals surface area (Å²) < 4.78 is 88.5. The number of halogens is 5. The van der Waals surface area contributed by atoms with Gasteiger partial charge in [-0.25, -0.2) is 17.2 Å². The van der Waals surface area contributed by atoms with Gasteiger partial charge in [-0.3, -0.25) is 9.52 Å². The second-order valence-corrected chi connectivity index (χ2v) is 6.74. The summed E-state index contributed by atoms with van der Waals surface area (Å²) in [5.74, 6) is -3.43. The van der Waals surface area contributed by atoms with Crippen LogP contribution < -0.4 is 10.0 Å². The van der Waals surface area contributed by atoms with Crippen LogP contribution in [-0.4, -0.2) is 27.0 Å². The first-order chi connectivity index (χ1) is 12.0. The second-order valence-electron chi connectivity index (χ2n) is 5.06. The Kier molecular flexibility index (Phi) is 5.50. The molecule has 0 aliphatic carbocycles. The van der Waals surface area contributed by atoms with Crippen LogP contribution in [0.2, 0.25) is 0 Å². The molecule has 0 aliphatic heterocycles. The van der Waals surface area contributed by atoms with Crippen molar-refractivity contribution in [3.05, 3.63) is 59.7 Å². The Hall–Kier alpha value is -2.69. The van der Waals surface area contributed by atoms with Gasteiger partial charge in [-0.15, -0.1) is 0 Å². The molecule has 0 aromatic heterocycles.